The molecule has 28 heavy (non-hydrogen) atoms. The van der Waals surface area contributed by atoms with Crippen molar-refractivity contribution in [2.75, 3.05) is 13.1 Å². The lowest BCUT2D eigenvalue weighted by atomic mass is 9.71. The lowest BCUT2D eigenvalue weighted by Crippen LogP contribution is -2.49. The molecule has 0 saturated carbocycles. The minimum atomic E-state index is 0.0645. The van der Waals surface area contributed by atoms with Crippen LogP contribution >= 0.6 is 0 Å². The SMILES string of the molecule is CC.CC(=O)N1CC(Cc2cc(O)c(C3C=C(C)CCC3C(C)C)c(O)c2)C1. The Kier molecular flexibility index (Phi) is 7.56. The summed E-state index contributed by atoms with van der Waals surface area (Å²) in [6.07, 6.45) is 5.18. The van der Waals surface area contributed by atoms with Gasteiger partial charge in [0, 0.05) is 31.5 Å². The summed E-state index contributed by atoms with van der Waals surface area (Å²) in [5, 5.41) is 21.4. The van der Waals surface area contributed by atoms with E-state index < -0.39 is 0 Å². The van der Waals surface area contributed by atoms with E-state index in [-0.39, 0.29) is 23.3 Å². The maximum atomic E-state index is 11.3. The number of hydrogen-bond donors (Lipinski definition) is 2. The molecule has 4 nitrogen and oxygen atoms in total. The van der Waals surface area contributed by atoms with E-state index >= 15 is 0 Å². The lowest BCUT2D eigenvalue weighted by molar-refractivity contribution is -0.134. The molecule has 1 aliphatic heterocycles. The zero-order valence-corrected chi connectivity index (χ0v) is 18.3. The number of amides is 1. The standard InChI is InChI=1S/C22H31NO3.C2H6/c1-13(2)18-6-5-14(3)7-19(18)22-20(25)9-16(10-21(22)26)8-17-11-23(12-17)15(4)24;1-2/h7,9-10,13,17-19,25-26H,5-6,8,11-12H2,1-4H3;1-2H3. The molecule has 2 atom stereocenters. The fraction of sp³-hybridized carbons (Fsp3) is 0.625. The number of carbonyl (C=O) groups excluding carboxylic acids is 1. The van der Waals surface area contributed by atoms with Gasteiger partial charge in [0.1, 0.15) is 11.5 Å². The van der Waals surface area contributed by atoms with Gasteiger partial charge < -0.3 is 15.1 Å². The van der Waals surface area contributed by atoms with Gasteiger partial charge in [-0.2, -0.15) is 0 Å². The van der Waals surface area contributed by atoms with E-state index in [9.17, 15) is 15.0 Å². The zero-order valence-electron chi connectivity index (χ0n) is 18.3. The molecule has 2 N–H and O–H groups in total. The van der Waals surface area contributed by atoms with Gasteiger partial charge in [0.25, 0.3) is 0 Å². The lowest BCUT2D eigenvalue weighted by Gasteiger charge is -2.39. The van der Waals surface area contributed by atoms with Crippen LogP contribution in [0.3, 0.4) is 0 Å². The predicted molar refractivity (Wildman–Crippen MR) is 115 cm³/mol. The number of allylic oxidation sites excluding steroid dienone is 2. The third-order valence-electron chi connectivity index (χ3n) is 6.11. The van der Waals surface area contributed by atoms with Crippen LogP contribution in [0.15, 0.2) is 23.8 Å². The number of nitrogens with zero attached hydrogens (tertiary/aromatic N) is 1. The van der Waals surface area contributed by atoms with E-state index in [0.29, 0.717) is 23.3 Å². The van der Waals surface area contributed by atoms with E-state index in [1.54, 1.807) is 19.1 Å². The van der Waals surface area contributed by atoms with Crippen molar-refractivity contribution >= 4 is 5.91 Å². The summed E-state index contributed by atoms with van der Waals surface area (Å²) in [6.45, 7) is 13.7. The molecule has 1 aliphatic carbocycles. The molecule has 1 fully saturated rings. The summed E-state index contributed by atoms with van der Waals surface area (Å²) in [5.41, 5.74) is 2.94. The number of benzene rings is 1. The molecule has 0 radical (unpaired) electrons. The summed E-state index contributed by atoms with van der Waals surface area (Å²) in [6, 6.07) is 3.61. The van der Waals surface area contributed by atoms with Crippen molar-refractivity contribution < 1.29 is 15.0 Å². The Hall–Kier alpha value is -1.97. The smallest absolute Gasteiger partial charge is 0.219 e. The Labute approximate surface area is 170 Å². The molecule has 1 heterocycles. The number of rotatable bonds is 4. The molecular formula is C24H37NO3. The Balaban J connectivity index is 0.00000136. The molecule has 1 aromatic rings. The van der Waals surface area contributed by atoms with Crippen LogP contribution in [-0.2, 0) is 11.2 Å². The highest BCUT2D eigenvalue weighted by molar-refractivity contribution is 5.74. The summed E-state index contributed by atoms with van der Waals surface area (Å²) in [5.74, 6) is 1.90. The van der Waals surface area contributed by atoms with Crippen LogP contribution in [0.5, 0.6) is 11.5 Å². The third-order valence-corrected chi connectivity index (χ3v) is 6.11. The number of phenols is 2. The maximum Gasteiger partial charge on any atom is 0.219 e. The van der Waals surface area contributed by atoms with Crippen molar-refractivity contribution in [2.24, 2.45) is 17.8 Å². The minimum absolute atomic E-state index is 0.0645. The molecule has 0 spiro atoms. The van der Waals surface area contributed by atoms with Crippen LogP contribution in [0.1, 0.15) is 71.4 Å². The van der Waals surface area contributed by atoms with Crippen molar-refractivity contribution in [3.8, 4) is 11.5 Å². The molecular weight excluding hydrogens is 350 g/mol. The fourth-order valence-electron chi connectivity index (χ4n) is 4.56. The number of hydrogen-bond acceptors (Lipinski definition) is 3. The van der Waals surface area contributed by atoms with E-state index in [1.807, 2.05) is 18.7 Å². The molecule has 2 unspecified atom stereocenters. The van der Waals surface area contributed by atoms with Crippen LogP contribution in [0.2, 0.25) is 0 Å². The van der Waals surface area contributed by atoms with E-state index in [2.05, 4.69) is 26.8 Å². The summed E-state index contributed by atoms with van der Waals surface area (Å²) >= 11 is 0. The number of aromatic hydroxyl groups is 2. The summed E-state index contributed by atoms with van der Waals surface area (Å²) in [4.78, 5) is 13.1. The highest BCUT2D eigenvalue weighted by atomic mass is 16.3. The zero-order chi connectivity index (χ0) is 21.0. The molecule has 3 rings (SSSR count). The summed E-state index contributed by atoms with van der Waals surface area (Å²) < 4.78 is 0. The van der Waals surface area contributed by atoms with Crippen LogP contribution < -0.4 is 0 Å². The second-order valence-electron chi connectivity index (χ2n) is 8.53. The van der Waals surface area contributed by atoms with E-state index in [4.69, 9.17) is 0 Å². The first-order chi connectivity index (χ1) is 13.3. The van der Waals surface area contributed by atoms with Gasteiger partial charge in [0.15, 0.2) is 0 Å². The average molecular weight is 388 g/mol. The largest absolute Gasteiger partial charge is 0.507 e. The minimum Gasteiger partial charge on any atom is -0.507 e. The molecule has 1 saturated heterocycles. The van der Waals surface area contributed by atoms with Gasteiger partial charge >= 0.3 is 0 Å². The van der Waals surface area contributed by atoms with Gasteiger partial charge in [-0.05, 0) is 61.6 Å². The molecule has 0 aromatic heterocycles. The summed E-state index contributed by atoms with van der Waals surface area (Å²) in [7, 11) is 0. The third kappa shape index (κ3) is 4.89. The normalized spacial score (nSPS) is 22.2. The van der Waals surface area contributed by atoms with Crippen LogP contribution in [-0.4, -0.2) is 34.1 Å². The van der Waals surface area contributed by atoms with Crippen molar-refractivity contribution in [1.82, 2.24) is 4.90 Å². The predicted octanol–water partition coefficient (Wildman–Crippen LogP) is 5.24. The van der Waals surface area contributed by atoms with E-state index in [0.717, 1.165) is 37.9 Å². The number of carbonyl (C=O) groups is 1. The monoisotopic (exact) mass is 387 g/mol. The Morgan fingerprint density at radius 2 is 1.75 bits per heavy atom. The molecule has 1 amide bonds. The topological polar surface area (TPSA) is 60.8 Å². The fourth-order valence-corrected chi connectivity index (χ4v) is 4.56. The van der Waals surface area contributed by atoms with Crippen LogP contribution in [0, 0.1) is 17.8 Å². The number of likely N-dealkylation sites (tertiary alicyclic amines) is 1. The van der Waals surface area contributed by atoms with E-state index in [1.165, 1.54) is 5.57 Å². The Bertz CT molecular complexity index is 694. The highest BCUT2D eigenvalue weighted by Gasteiger charge is 2.32. The van der Waals surface area contributed by atoms with Crippen LogP contribution in [0.25, 0.3) is 0 Å². The first kappa shape index (κ1) is 22.3. The van der Waals surface area contributed by atoms with Crippen LogP contribution in [0.4, 0.5) is 0 Å². The van der Waals surface area contributed by atoms with Gasteiger partial charge in [-0.3, -0.25) is 4.79 Å². The second-order valence-corrected chi connectivity index (χ2v) is 8.53. The quantitative estimate of drug-likeness (QED) is 0.695. The van der Waals surface area contributed by atoms with Gasteiger partial charge in [-0.25, -0.2) is 0 Å². The molecule has 1 aromatic carbocycles. The van der Waals surface area contributed by atoms with Gasteiger partial charge in [0.05, 0.1) is 0 Å². The van der Waals surface area contributed by atoms with Gasteiger partial charge in [-0.15, -0.1) is 0 Å². The molecule has 4 heteroatoms. The van der Waals surface area contributed by atoms with Crippen molar-refractivity contribution in [3.63, 3.8) is 0 Å². The van der Waals surface area contributed by atoms with Crippen molar-refractivity contribution in [1.29, 1.82) is 0 Å². The maximum absolute atomic E-state index is 11.3. The first-order valence-corrected chi connectivity index (χ1v) is 10.7. The van der Waals surface area contributed by atoms with Gasteiger partial charge in [-0.1, -0.05) is 39.3 Å². The van der Waals surface area contributed by atoms with Crippen molar-refractivity contribution in [3.05, 3.63) is 34.9 Å². The molecule has 2 aliphatic rings. The Morgan fingerprint density at radius 1 is 1.18 bits per heavy atom. The number of phenolic OH excluding ortho intramolecular Hbond substituents is 2. The second kappa shape index (κ2) is 9.49. The first-order valence-electron chi connectivity index (χ1n) is 10.7. The molecule has 0 bridgehead atoms. The molecule has 156 valence electrons. The average Bonchev–Trinajstić information content (AvgIpc) is 2.58. The highest BCUT2D eigenvalue weighted by Crippen LogP contribution is 2.47. The Morgan fingerprint density at radius 3 is 2.25 bits per heavy atom. The van der Waals surface area contributed by atoms with Crippen molar-refractivity contribution in [2.45, 2.75) is 66.7 Å². The van der Waals surface area contributed by atoms with Gasteiger partial charge in [0.2, 0.25) is 5.91 Å².